The molecule has 0 aliphatic rings. The average Bonchev–Trinajstić information content (AvgIpc) is 2.17. The van der Waals surface area contributed by atoms with E-state index in [1.165, 1.54) is 0 Å². The van der Waals surface area contributed by atoms with Crippen molar-refractivity contribution >= 4 is 16.9 Å². The van der Waals surface area contributed by atoms with Gasteiger partial charge in [0.2, 0.25) is 6.43 Å². The molecule has 0 bridgehead atoms. The molecule has 1 atom stereocenters. The molecule has 15 heavy (non-hydrogen) atoms. The first-order valence-corrected chi connectivity index (χ1v) is 6.12. The first kappa shape index (κ1) is 14.8. The fraction of sp³-hybridized carbons (Fsp3) is 0.900. The second-order valence-electron chi connectivity index (χ2n) is 3.28. The Morgan fingerprint density at radius 2 is 1.87 bits per heavy atom. The van der Waals surface area contributed by atoms with E-state index < -0.39 is 12.6 Å². The lowest BCUT2D eigenvalue weighted by Gasteiger charge is -2.06. The Kier molecular flexibility index (Phi) is 8.95. The fourth-order valence-corrected chi connectivity index (χ4v) is 1.85. The molecule has 0 aliphatic carbocycles. The Morgan fingerprint density at radius 3 is 2.40 bits per heavy atom. The van der Waals surface area contributed by atoms with Gasteiger partial charge in [0, 0.05) is 18.6 Å². The van der Waals surface area contributed by atoms with Crippen molar-refractivity contribution in [1.29, 1.82) is 0 Å². The normalized spacial score (nSPS) is 13.1. The highest BCUT2D eigenvalue weighted by Gasteiger charge is 2.09. The standard InChI is InChI=1S/C10H17F3OS/c1-2-10(14)15-7-6-8(11)4-3-5-9(12)13/h8-9H,2-7H2,1H3. The summed E-state index contributed by atoms with van der Waals surface area (Å²) >= 11 is 1.12. The predicted octanol–water partition coefficient (Wildman–Crippen LogP) is 3.82. The molecule has 0 amide bonds. The number of thioether (sulfide) groups is 1. The molecular weight excluding hydrogens is 225 g/mol. The third-order valence-electron chi connectivity index (χ3n) is 1.92. The van der Waals surface area contributed by atoms with Crippen LogP contribution in [0.15, 0.2) is 0 Å². The summed E-state index contributed by atoms with van der Waals surface area (Å²) in [6.07, 6.45) is -2.51. The largest absolute Gasteiger partial charge is 0.287 e. The van der Waals surface area contributed by atoms with Crippen molar-refractivity contribution in [3.05, 3.63) is 0 Å². The van der Waals surface area contributed by atoms with Gasteiger partial charge in [0.25, 0.3) is 0 Å². The van der Waals surface area contributed by atoms with E-state index in [4.69, 9.17) is 0 Å². The SMILES string of the molecule is CCC(=O)SCCC(F)CCCC(F)F. The van der Waals surface area contributed by atoms with Crippen LogP contribution in [-0.2, 0) is 4.79 Å². The minimum Gasteiger partial charge on any atom is -0.287 e. The summed E-state index contributed by atoms with van der Waals surface area (Å²) < 4.78 is 36.5. The van der Waals surface area contributed by atoms with Gasteiger partial charge in [0.15, 0.2) is 5.12 Å². The average molecular weight is 242 g/mol. The Hall–Kier alpha value is -0.190. The van der Waals surface area contributed by atoms with Crippen LogP contribution in [0.1, 0.15) is 39.0 Å². The zero-order valence-corrected chi connectivity index (χ0v) is 9.66. The van der Waals surface area contributed by atoms with Crippen molar-refractivity contribution < 1.29 is 18.0 Å². The van der Waals surface area contributed by atoms with Gasteiger partial charge in [-0.05, 0) is 19.3 Å². The van der Waals surface area contributed by atoms with Crippen molar-refractivity contribution in [2.75, 3.05) is 5.75 Å². The fourth-order valence-electron chi connectivity index (χ4n) is 1.04. The lowest BCUT2D eigenvalue weighted by atomic mass is 10.1. The molecule has 1 nitrogen and oxygen atoms in total. The third-order valence-corrected chi connectivity index (χ3v) is 2.97. The van der Waals surface area contributed by atoms with E-state index in [0.29, 0.717) is 12.2 Å². The summed E-state index contributed by atoms with van der Waals surface area (Å²) in [5, 5.41) is 0.0507. The quantitative estimate of drug-likeness (QED) is 0.643. The van der Waals surface area contributed by atoms with Gasteiger partial charge in [0.05, 0.1) is 0 Å². The number of hydrogen-bond donors (Lipinski definition) is 0. The van der Waals surface area contributed by atoms with Crippen molar-refractivity contribution in [1.82, 2.24) is 0 Å². The number of carbonyl (C=O) groups is 1. The maximum atomic E-state index is 13.0. The molecule has 0 rings (SSSR count). The number of halogens is 3. The molecule has 0 aliphatic heterocycles. The Labute approximate surface area is 92.8 Å². The van der Waals surface area contributed by atoms with E-state index in [1.807, 2.05) is 0 Å². The van der Waals surface area contributed by atoms with Crippen LogP contribution in [-0.4, -0.2) is 23.5 Å². The van der Waals surface area contributed by atoms with Crippen molar-refractivity contribution in [2.45, 2.75) is 51.6 Å². The van der Waals surface area contributed by atoms with Crippen LogP contribution in [0.25, 0.3) is 0 Å². The molecule has 0 aromatic rings. The maximum absolute atomic E-state index is 13.0. The molecule has 0 N–H and O–H groups in total. The zero-order chi connectivity index (χ0) is 11.7. The van der Waals surface area contributed by atoms with Gasteiger partial charge in [-0.1, -0.05) is 18.7 Å². The van der Waals surface area contributed by atoms with Gasteiger partial charge >= 0.3 is 0 Å². The first-order chi connectivity index (χ1) is 7.06. The second-order valence-corrected chi connectivity index (χ2v) is 4.43. The van der Waals surface area contributed by atoms with Crippen LogP contribution < -0.4 is 0 Å². The maximum Gasteiger partial charge on any atom is 0.238 e. The molecule has 1 unspecified atom stereocenters. The van der Waals surface area contributed by atoms with Crippen LogP contribution >= 0.6 is 11.8 Å². The number of rotatable bonds is 8. The summed E-state index contributed by atoms with van der Waals surface area (Å²) in [6.45, 7) is 1.75. The zero-order valence-electron chi connectivity index (χ0n) is 8.85. The summed E-state index contributed by atoms with van der Waals surface area (Å²) in [5.41, 5.74) is 0. The Morgan fingerprint density at radius 1 is 1.20 bits per heavy atom. The Bertz CT molecular complexity index is 176. The molecule has 0 saturated carbocycles. The molecule has 5 heteroatoms. The minimum atomic E-state index is -2.34. The van der Waals surface area contributed by atoms with Crippen LogP contribution in [0.2, 0.25) is 0 Å². The molecule has 90 valence electrons. The van der Waals surface area contributed by atoms with Crippen molar-refractivity contribution in [3.8, 4) is 0 Å². The van der Waals surface area contributed by atoms with E-state index >= 15 is 0 Å². The predicted molar refractivity (Wildman–Crippen MR) is 57.1 cm³/mol. The topological polar surface area (TPSA) is 17.1 Å². The number of hydrogen-bond acceptors (Lipinski definition) is 2. The van der Waals surface area contributed by atoms with E-state index in [1.54, 1.807) is 6.92 Å². The van der Waals surface area contributed by atoms with Crippen LogP contribution in [0, 0.1) is 0 Å². The summed E-state index contributed by atoms with van der Waals surface area (Å²) in [6, 6.07) is 0. The van der Waals surface area contributed by atoms with Crippen molar-refractivity contribution in [3.63, 3.8) is 0 Å². The smallest absolute Gasteiger partial charge is 0.238 e. The Balaban J connectivity index is 3.33. The summed E-state index contributed by atoms with van der Waals surface area (Å²) in [7, 11) is 0. The molecular formula is C10H17F3OS. The van der Waals surface area contributed by atoms with Gasteiger partial charge in [-0.25, -0.2) is 13.2 Å². The molecule has 0 saturated heterocycles. The lowest BCUT2D eigenvalue weighted by Crippen LogP contribution is -2.04. The van der Waals surface area contributed by atoms with Gasteiger partial charge in [-0.2, -0.15) is 0 Å². The van der Waals surface area contributed by atoms with Crippen LogP contribution in [0.5, 0.6) is 0 Å². The minimum absolute atomic E-state index is 0.0507. The van der Waals surface area contributed by atoms with Crippen LogP contribution in [0.4, 0.5) is 13.2 Å². The van der Waals surface area contributed by atoms with Crippen LogP contribution in [0.3, 0.4) is 0 Å². The molecule has 0 spiro atoms. The van der Waals surface area contributed by atoms with Gasteiger partial charge < -0.3 is 0 Å². The monoisotopic (exact) mass is 242 g/mol. The molecule has 0 aromatic carbocycles. The molecule has 0 heterocycles. The first-order valence-electron chi connectivity index (χ1n) is 5.14. The highest BCUT2D eigenvalue weighted by Crippen LogP contribution is 2.15. The summed E-state index contributed by atoms with van der Waals surface area (Å²) in [4.78, 5) is 10.8. The number of alkyl halides is 3. The highest BCUT2D eigenvalue weighted by atomic mass is 32.2. The number of carbonyl (C=O) groups excluding carboxylic acids is 1. The molecule has 0 radical (unpaired) electrons. The van der Waals surface area contributed by atoms with Gasteiger partial charge in [0.1, 0.15) is 6.17 Å². The van der Waals surface area contributed by atoms with E-state index in [-0.39, 0.29) is 30.8 Å². The summed E-state index contributed by atoms with van der Waals surface area (Å²) in [5.74, 6) is 0.447. The van der Waals surface area contributed by atoms with Crippen molar-refractivity contribution in [2.24, 2.45) is 0 Å². The lowest BCUT2D eigenvalue weighted by molar-refractivity contribution is -0.110. The van der Waals surface area contributed by atoms with Gasteiger partial charge in [-0.3, -0.25) is 4.79 Å². The van der Waals surface area contributed by atoms with E-state index in [0.717, 1.165) is 11.8 Å². The van der Waals surface area contributed by atoms with Gasteiger partial charge in [-0.15, -0.1) is 0 Å². The van der Waals surface area contributed by atoms with E-state index in [2.05, 4.69) is 0 Å². The van der Waals surface area contributed by atoms with E-state index in [9.17, 15) is 18.0 Å². The molecule has 0 fully saturated rings. The third kappa shape index (κ3) is 10.1. The highest BCUT2D eigenvalue weighted by molar-refractivity contribution is 8.13. The molecule has 0 aromatic heterocycles. The second kappa shape index (κ2) is 9.07.